The minimum absolute atomic E-state index is 0.383. The number of carbonyl (C=O) groups is 1. The summed E-state index contributed by atoms with van der Waals surface area (Å²) in [6.07, 6.45) is 3.13. The summed E-state index contributed by atoms with van der Waals surface area (Å²) in [7, 11) is 1.50. The lowest BCUT2D eigenvalue weighted by molar-refractivity contribution is 0.111. The molecule has 0 heterocycles. The van der Waals surface area contributed by atoms with E-state index in [1.807, 2.05) is 0 Å². The fourth-order valence-corrected chi connectivity index (χ4v) is 1.44. The number of carbonyl (C=O) groups excluding carboxylic acids is 1. The van der Waals surface area contributed by atoms with Gasteiger partial charge in [0.15, 0.2) is 17.8 Å². The number of methoxy groups -OCH3 is 1. The minimum Gasteiger partial charge on any atom is -0.493 e. The van der Waals surface area contributed by atoms with Gasteiger partial charge < -0.3 is 9.47 Å². The number of aldehydes is 1. The highest BCUT2D eigenvalue weighted by Gasteiger charge is 2.11. The van der Waals surface area contributed by atoms with Gasteiger partial charge in [-0.1, -0.05) is 17.7 Å². The van der Waals surface area contributed by atoms with Gasteiger partial charge in [-0.3, -0.25) is 4.79 Å². The Labute approximate surface area is 99.6 Å². The van der Waals surface area contributed by atoms with E-state index < -0.39 is 0 Å². The molecule has 0 N–H and O–H groups in total. The molecule has 0 spiro atoms. The zero-order valence-electron chi connectivity index (χ0n) is 9.03. The maximum atomic E-state index is 10.9. The van der Waals surface area contributed by atoms with Crippen LogP contribution >= 0.6 is 11.6 Å². The van der Waals surface area contributed by atoms with Crippen molar-refractivity contribution >= 4 is 17.9 Å². The van der Waals surface area contributed by atoms with Crippen molar-refractivity contribution < 1.29 is 14.3 Å². The first-order chi connectivity index (χ1) is 7.72. The highest BCUT2D eigenvalue weighted by Crippen LogP contribution is 2.33. The molecule has 4 heteroatoms. The summed E-state index contributed by atoms with van der Waals surface area (Å²) in [5.41, 5.74) is 0.383. The van der Waals surface area contributed by atoms with Crippen molar-refractivity contribution in [3.63, 3.8) is 0 Å². The molecule has 0 atom stereocenters. The van der Waals surface area contributed by atoms with Gasteiger partial charge in [0.2, 0.25) is 0 Å². The lowest BCUT2D eigenvalue weighted by Gasteiger charge is -2.12. The summed E-state index contributed by atoms with van der Waals surface area (Å²) in [4.78, 5) is 10.9. The Morgan fingerprint density at radius 3 is 2.81 bits per heavy atom. The molecule has 0 aliphatic carbocycles. The molecule has 0 bridgehead atoms. The van der Waals surface area contributed by atoms with Gasteiger partial charge in [-0.05, 0) is 12.5 Å². The van der Waals surface area contributed by atoms with E-state index in [2.05, 4.69) is 6.58 Å². The Hall–Kier alpha value is -1.48. The molecule has 1 rings (SSSR count). The first kappa shape index (κ1) is 12.6. The second-order valence-corrected chi connectivity index (χ2v) is 3.51. The van der Waals surface area contributed by atoms with Gasteiger partial charge in [0.05, 0.1) is 19.3 Å². The summed E-state index contributed by atoms with van der Waals surface area (Å²) in [5.74, 6) is 0.877. The molecular formula is C12H13ClO3. The predicted octanol–water partition coefficient (Wildman–Crippen LogP) is 3.12. The molecule has 0 radical (unpaired) electrons. The molecule has 16 heavy (non-hydrogen) atoms. The minimum atomic E-state index is 0.383. The molecule has 0 saturated carbocycles. The normalized spacial score (nSPS) is 9.62. The highest BCUT2D eigenvalue weighted by atomic mass is 35.5. The van der Waals surface area contributed by atoms with Gasteiger partial charge in [0.25, 0.3) is 0 Å². The van der Waals surface area contributed by atoms with E-state index >= 15 is 0 Å². The third-order valence-electron chi connectivity index (χ3n) is 1.96. The van der Waals surface area contributed by atoms with Crippen molar-refractivity contribution in [3.8, 4) is 11.5 Å². The Morgan fingerprint density at radius 1 is 1.50 bits per heavy atom. The average molecular weight is 241 g/mol. The van der Waals surface area contributed by atoms with Crippen molar-refractivity contribution in [2.75, 3.05) is 13.7 Å². The van der Waals surface area contributed by atoms with Crippen LogP contribution in [0, 0.1) is 0 Å². The molecule has 0 unspecified atom stereocenters. The number of ether oxygens (including phenoxy) is 2. The van der Waals surface area contributed by atoms with E-state index in [0.29, 0.717) is 41.4 Å². The molecule has 0 aromatic heterocycles. The van der Waals surface area contributed by atoms with Gasteiger partial charge in [-0.15, -0.1) is 6.58 Å². The molecule has 0 amide bonds. The van der Waals surface area contributed by atoms with Crippen molar-refractivity contribution in [2.24, 2.45) is 0 Å². The van der Waals surface area contributed by atoms with Crippen LogP contribution in [0.5, 0.6) is 11.5 Å². The molecule has 0 fully saturated rings. The van der Waals surface area contributed by atoms with Crippen LogP contribution in [0.15, 0.2) is 24.8 Å². The predicted molar refractivity (Wildman–Crippen MR) is 63.7 cm³/mol. The lowest BCUT2D eigenvalue weighted by atomic mass is 10.2. The zero-order valence-corrected chi connectivity index (χ0v) is 9.79. The zero-order chi connectivity index (χ0) is 12.0. The quantitative estimate of drug-likeness (QED) is 0.435. The first-order valence-corrected chi connectivity index (χ1v) is 5.17. The summed E-state index contributed by atoms with van der Waals surface area (Å²) >= 11 is 5.83. The van der Waals surface area contributed by atoms with Gasteiger partial charge in [0, 0.05) is 11.1 Å². The smallest absolute Gasteiger partial charge is 0.171 e. The number of rotatable bonds is 6. The van der Waals surface area contributed by atoms with Crippen LogP contribution in [0.1, 0.15) is 16.8 Å². The lowest BCUT2D eigenvalue weighted by Crippen LogP contribution is -2.01. The SMILES string of the molecule is C=CCCOc1c(C=O)cc(Cl)cc1OC. The molecule has 0 saturated heterocycles. The number of hydrogen-bond donors (Lipinski definition) is 0. The van der Waals surface area contributed by atoms with Crippen LogP contribution in [-0.2, 0) is 0 Å². The number of benzene rings is 1. The van der Waals surface area contributed by atoms with Crippen LogP contribution in [0.3, 0.4) is 0 Å². The number of hydrogen-bond acceptors (Lipinski definition) is 3. The third kappa shape index (κ3) is 3.00. The monoisotopic (exact) mass is 240 g/mol. The Kier molecular flexibility index (Phi) is 4.86. The van der Waals surface area contributed by atoms with E-state index in [0.717, 1.165) is 0 Å². The molecule has 3 nitrogen and oxygen atoms in total. The van der Waals surface area contributed by atoms with E-state index in [1.54, 1.807) is 18.2 Å². The first-order valence-electron chi connectivity index (χ1n) is 4.79. The van der Waals surface area contributed by atoms with Gasteiger partial charge in [0.1, 0.15) is 0 Å². The van der Waals surface area contributed by atoms with Crippen molar-refractivity contribution in [1.29, 1.82) is 0 Å². The Morgan fingerprint density at radius 2 is 2.25 bits per heavy atom. The average Bonchev–Trinajstić information content (AvgIpc) is 2.30. The second kappa shape index (κ2) is 6.18. The van der Waals surface area contributed by atoms with Crippen LogP contribution in [0.2, 0.25) is 5.02 Å². The molecule has 0 aliphatic heterocycles. The van der Waals surface area contributed by atoms with Crippen molar-refractivity contribution in [2.45, 2.75) is 6.42 Å². The second-order valence-electron chi connectivity index (χ2n) is 3.07. The van der Waals surface area contributed by atoms with Gasteiger partial charge >= 0.3 is 0 Å². The highest BCUT2D eigenvalue weighted by molar-refractivity contribution is 6.31. The third-order valence-corrected chi connectivity index (χ3v) is 2.18. The van der Waals surface area contributed by atoms with Crippen molar-refractivity contribution in [3.05, 3.63) is 35.4 Å². The summed E-state index contributed by atoms with van der Waals surface area (Å²) in [5, 5.41) is 0.440. The summed E-state index contributed by atoms with van der Waals surface area (Å²) in [6.45, 7) is 4.04. The maximum absolute atomic E-state index is 10.9. The summed E-state index contributed by atoms with van der Waals surface area (Å²) in [6, 6.07) is 3.15. The van der Waals surface area contributed by atoms with Crippen LogP contribution in [0.4, 0.5) is 0 Å². The molecule has 0 aliphatic rings. The molecule has 86 valence electrons. The standard InChI is InChI=1S/C12H13ClO3/c1-3-4-5-16-12-9(8-14)6-10(13)7-11(12)15-2/h3,6-8H,1,4-5H2,2H3. The van der Waals surface area contributed by atoms with Crippen molar-refractivity contribution in [1.82, 2.24) is 0 Å². The molecule has 1 aromatic rings. The fraction of sp³-hybridized carbons (Fsp3) is 0.250. The summed E-state index contributed by atoms with van der Waals surface area (Å²) < 4.78 is 10.6. The Balaban J connectivity index is 3.01. The van der Waals surface area contributed by atoms with E-state index in [4.69, 9.17) is 21.1 Å². The van der Waals surface area contributed by atoms with Crippen LogP contribution in [0.25, 0.3) is 0 Å². The largest absolute Gasteiger partial charge is 0.493 e. The van der Waals surface area contributed by atoms with E-state index in [-0.39, 0.29) is 0 Å². The van der Waals surface area contributed by atoms with Gasteiger partial charge in [-0.2, -0.15) is 0 Å². The number of halogens is 1. The molecular weight excluding hydrogens is 228 g/mol. The van der Waals surface area contributed by atoms with Gasteiger partial charge in [-0.25, -0.2) is 0 Å². The molecule has 1 aromatic carbocycles. The van der Waals surface area contributed by atoms with Crippen LogP contribution in [-0.4, -0.2) is 20.0 Å². The maximum Gasteiger partial charge on any atom is 0.171 e. The fourth-order valence-electron chi connectivity index (χ4n) is 1.23. The van der Waals surface area contributed by atoms with Crippen LogP contribution < -0.4 is 9.47 Å². The Bertz CT molecular complexity index is 388. The van der Waals surface area contributed by atoms with E-state index in [1.165, 1.54) is 7.11 Å². The van der Waals surface area contributed by atoms with E-state index in [9.17, 15) is 4.79 Å². The topological polar surface area (TPSA) is 35.5 Å².